The molecule has 0 saturated carbocycles. The molecule has 7 heteroatoms. The van der Waals surface area contributed by atoms with Gasteiger partial charge in [-0.3, -0.25) is 4.79 Å². The van der Waals surface area contributed by atoms with Gasteiger partial charge in [-0.15, -0.1) is 0 Å². The van der Waals surface area contributed by atoms with Gasteiger partial charge in [0, 0.05) is 19.7 Å². The van der Waals surface area contributed by atoms with E-state index in [9.17, 15) is 9.59 Å². The lowest BCUT2D eigenvalue weighted by atomic mass is 10.1. The van der Waals surface area contributed by atoms with Crippen molar-refractivity contribution in [1.29, 1.82) is 0 Å². The number of carbonyl (C=O) groups is 2. The van der Waals surface area contributed by atoms with E-state index in [0.717, 1.165) is 12.8 Å². The zero-order chi connectivity index (χ0) is 19.5. The summed E-state index contributed by atoms with van der Waals surface area (Å²) in [5, 5.41) is 0. The molecule has 26 heavy (non-hydrogen) atoms. The van der Waals surface area contributed by atoms with Crippen LogP contribution in [0.25, 0.3) is 6.08 Å². The van der Waals surface area contributed by atoms with Crippen molar-refractivity contribution >= 4 is 18.0 Å². The maximum Gasteiger partial charge on any atom is 0.331 e. The largest absolute Gasteiger partial charge is 0.493 e. The Morgan fingerprint density at radius 3 is 2.19 bits per heavy atom. The number of rotatable bonds is 10. The fraction of sp³-hybridized carbons (Fsp3) is 0.474. The molecule has 0 saturated heterocycles. The summed E-state index contributed by atoms with van der Waals surface area (Å²) in [5.74, 6) is 0.597. The van der Waals surface area contributed by atoms with Crippen LogP contribution >= 0.6 is 0 Å². The van der Waals surface area contributed by atoms with Crippen molar-refractivity contribution in [3.8, 4) is 17.2 Å². The number of unbranched alkanes of at least 4 members (excludes halogenated alkanes) is 1. The zero-order valence-corrected chi connectivity index (χ0v) is 16.0. The number of esters is 1. The van der Waals surface area contributed by atoms with Crippen LogP contribution in [0.1, 0.15) is 25.3 Å². The van der Waals surface area contributed by atoms with Crippen LogP contribution in [0.15, 0.2) is 18.2 Å². The van der Waals surface area contributed by atoms with Gasteiger partial charge in [0.1, 0.15) is 0 Å². The molecule has 0 aliphatic rings. The minimum atomic E-state index is -0.601. The number of hydrogen-bond acceptors (Lipinski definition) is 6. The number of amides is 1. The van der Waals surface area contributed by atoms with Crippen molar-refractivity contribution in [2.75, 3.05) is 41.5 Å². The van der Waals surface area contributed by atoms with E-state index in [-0.39, 0.29) is 12.5 Å². The first-order valence-corrected chi connectivity index (χ1v) is 8.35. The Morgan fingerprint density at radius 2 is 1.69 bits per heavy atom. The Hall–Kier alpha value is -2.70. The monoisotopic (exact) mass is 365 g/mol. The van der Waals surface area contributed by atoms with Gasteiger partial charge in [0.2, 0.25) is 5.75 Å². The predicted molar refractivity (Wildman–Crippen MR) is 98.6 cm³/mol. The molecule has 0 aromatic heterocycles. The number of hydrogen-bond donors (Lipinski definition) is 0. The van der Waals surface area contributed by atoms with Crippen LogP contribution in [0.5, 0.6) is 17.2 Å². The molecule has 0 unspecified atom stereocenters. The van der Waals surface area contributed by atoms with Gasteiger partial charge in [-0.25, -0.2) is 4.79 Å². The molecule has 0 bridgehead atoms. The lowest BCUT2D eigenvalue weighted by molar-refractivity contribution is -0.147. The number of benzene rings is 1. The van der Waals surface area contributed by atoms with E-state index in [4.69, 9.17) is 18.9 Å². The third-order valence-electron chi connectivity index (χ3n) is 3.71. The van der Waals surface area contributed by atoms with Crippen LogP contribution in [0.3, 0.4) is 0 Å². The standard InChI is InChI=1S/C19H27NO6/c1-6-7-10-20(2)17(21)13-26-18(22)9-8-14-11-15(23-3)19(25-5)16(12-14)24-4/h8-9,11-12H,6-7,10,13H2,1-5H3. The highest BCUT2D eigenvalue weighted by Gasteiger charge is 2.13. The van der Waals surface area contributed by atoms with Crippen molar-refractivity contribution in [1.82, 2.24) is 4.90 Å². The van der Waals surface area contributed by atoms with Gasteiger partial charge in [0.15, 0.2) is 18.1 Å². The molecule has 0 heterocycles. The summed E-state index contributed by atoms with van der Waals surface area (Å²) < 4.78 is 20.7. The molecule has 0 radical (unpaired) electrons. The zero-order valence-electron chi connectivity index (χ0n) is 16.0. The summed E-state index contributed by atoms with van der Waals surface area (Å²) >= 11 is 0. The van der Waals surface area contributed by atoms with E-state index in [0.29, 0.717) is 29.4 Å². The molecule has 1 amide bonds. The normalized spacial score (nSPS) is 10.5. The number of nitrogens with zero attached hydrogens (tertiary/aromatic N) is 1. The van der Waals surface area contributed by atoms with Gasteiger partial charge in [-0.2, -0.15) is 0 Å². The van der Waals surface area contributed by atoms with E-state index in [2.05, 4.69) is 0 Å². The first-order valence-electron chi connectivity index (χ1n) is 8.35. The highest BCUT2D eigenvalue weighted by molar-refractivity contribution is 5.89. The van der Waals surface area contributed by atoms with Crippen LogP contribution in [0.4, 0.5) is 0 Å². The highest BCUT2D eigenvalue weighted by Crippen LogP contribution is 2.38. The second-order valence-corrected chi connectivity index (χ2v) is 5.57. The topological polar surface area (TPSA) is 74.3 Å². The molecule has 0 aliphatic heterocycles. The lowest BCUT2D eigenvalue weighted by Gasteiger charge is -2.16. The van der Waals surface area contributed by atoms with Gasteiger partial charge < -0.3 is 23.8 Å². The third kappa shape index (κ3) is 6.31. The molecule has 0 N–H and O–H groups in total. The fourth-order valence-corrected chi connectivity index (χ4v) is 2.17. The Morgan fingerprint density at radius 1 is 1.08 bits per heavy atom. The van der Waals surface area contributed by atoms with E-state index >= 15 is 0 Å². The number of ether oxygens (including phenoxy) is 4. The Balaban J connectivity index is 2.69. The van der Waals surface area contributed by atoms with Crippen LogP contribution < -0.4 is 14.2 Å². The molecule has 1 aromatic rings. The van der Waals surface area contributed by atoms with Gasteiger partial charge in [-0.1, -0.05) is 13.3 Å². The van der Waals surface area contributed by atoms with Gasteiger partial charge in [0.25, 0.3) is 5.91 Å². The first kappa shape index (κ1) is 21.3. The Bertz CT molecular complexity index is 616. The molecule has 1 rings (SSSR count). The molecular formula is C19H27NO6. The van der Waals surface area contributed by atoms with E-state index in [1.165, 1.54) is 27.4 Å². The summed E-state index contributed by atoms with van der Waals surface area (Å²) in [6.45, 7) is 2.42. The van der Waals surface area contributed by atoms with Gasteiger partial charge >= 0.3 is 5.97 Å². The second-order valence-electron chi connectivity index (χ2n) is 5.57. The van der Waals surface area contributed by atoms with Crippen molar-refractivity contribution in [3.05, 3.63) is 23.8 Å². The summed E-state index contributed by atoms with van der Waals surface area (Å²) in [7, 11) is 6.23. The van der Waals surface area contributed by atoms with Crippen molar-refractivity contribution in [2.45, 2.75) is 19.8 Å². The maximum absolute atomic E-state index is 11.8. The van der Waals surface area contributed by atoms with Gasteiger partial charge in [0.05, 0.1) is 21.3 Å². The molecule has 0 atom stereocenters. The smallest absolute Gasteiger partial charge is 0.331 e. The van der Waals surface area contributed by atoms with Crippen LogP contribution in [0, 0.1) is 0 Å². The number of methoxy groups -OCH3 is 3. The minimum Gasteiger partial charge on any atom is -0.493 e. The molecule has 0 aliphatic carbocycles. The van der Waals surface area contributed by atoms with E-state index in [1.807, 2.05) is 6.92 Å². The summed E-state index contributed by atoms with van der Waals surface area (Å²) in [4.78, 5) is 25.2. The van der Waals surface area contributed by atoms with Crippen molar-refractivity contribution in [3.63, 3.8) is 0 Å². The van der Waals surface area contributed by atoms with E-state index in [1.54, 1.807) is 30.2 Å². The summed E-state index contributed by atoms with van der Waals surface area (Å²) in [6, 6.07) is 3.41. The molecule has 0 spiro atoms. The first-order chi connectivity index (χ1) is 12.5. The molecular weight excluding hydrogens is 338 g/mol. The Kier molecular flexibility index (Phi) is 9.05. The number of likely N-dealkylation sites (N-methyl/N-ethyl adjacent to an activating group) is 1. The number of carbonyl (C=O) groups excluding carboxylic acids is 2. The molecule has 144 valence electrons. The second kappa shape index (κ2) is 11.0. The van der Waals surface area contributed by atoms with Gasteiger partial charge in [-0.05, 0) is 30.2 Å². The average Bonchev–Trinajstić information content (AvgIpc) is 2.67. The van der Waals surface area contributed by atoms with E-state index < -0.39 is 5.97 Å². The van der Waals surface area contributed by atoms with Crippen LogP contribution in [0.2, 0.25) is 0 Å². The Labute approximate surface area is 154 Å². The van der Waals surface area contributed by atoms with Crippen LogP contribution in [-0.4, -0.2) is 58.3 Å². The quantitative estimate of drug-likeness (QED) is 0.469. The average molecular weight is 365 g/mol. The third-order valence-corrected chi connectivity index (χ3v) is 3.71. The van der Waals surface area contributed by atoms with Crippen LogP contribution in [-0.2, 0) is 14.3 Å². The van der Waals surface area contributed by atoms with Crippen molar-refractivity contribution < 1.29 is 28.5 Å². The molecule has 0 fully saturated rings. The maximum atomic E-state index is 11.8. The summed E-state index contributed by atoms with van der Waals surface area (Å²) in [6.07, 6.45) is 4.71. The minimum absolute atomic E-state index is 0.229. The summed E-state index contributed by atoms with van der Waals surface area (Å²) in [5.41, 5.74) is 0.669. The molecule has 7 nitrogen and oxygen atoms in total. The van der Waals surface area contributed by atoms with Crippen molar-refractivity contribution in [2.24, 2.45) is 0 Å². The lowest BCUT2D eigenvalue weighted by Crippen LogP contribution is -2.31. The SMILES string of the molecule is CCCCN(C)C(=O)COC(=O)C=Cc1cc(OC)c(OC)c(OC)c1. The molecule has 1 aromatic carbocycles. The fourth-order valence-electron chi connectivity index (χ4n) is 2.17. The predicted octanol–water partition coefficient (Wildman–Crippen LogP) is 2.53. The highest BCUT2D eigenvalue weighted by atomic mass is 16.5.